The Balaban J connectivity index is 1.52. The number of pyridine rings is 1. The predicted octanol–water partition coefficient (Wildman–Crippen LogP) is 3.63. The first-order chi connectivity index (χ1) is 16.1. The summed E-state index contributed by atoms with van der Waals surface area (Å²) < 4.78 is 0. The molecule has 34 heavy (non-hydrogen) atoms. The third-order valence-corrected chi connectivity index (χ3v) is 9.41. The summed E-state index contributed by atoms with van der Waals surface area (Å²) in [5, 5.41) is 6.67. The average molecular weight is 470 g/mol. The van der Waals surface area contributed by atoms with Crippen molar-refractivity contribution in [3.8, 4) is 0 Å². The standard InChI is InChI=1S/C27H43N5O2/c1-19-21(18-29-24(33)20-7-11-28-12-8-20)27(4)10-6-9-26(2,3)23(27)17-22(19)30-25(34)32-15-13-31(5)14-16-32/h7-8,11-12,19,21-23H,6,9-10,13-18H2,1-5H3,(H,29,33)(H,30,34). The van der Waals surface area contributed by atoms with Crippen LogP contribution >= 0.6 is 0 Å². The van der Waals surface area contributed by atoms with Crippen molar-refractivity contribution < 1.29 is 9.59 Å². The quantitative estimate of drug-likeness (QED) is 0.706. The highest BCUT2D eigenvalue weighted by Gasteiger charge is 2.56. The van der Waals surface area contributed by atoms with E-state index in [-0.39, 0.29) is 34.7 Å². The summed E-state index contributed by atoms with van der Waals surface area (Å²) in [7, 11) is 2.11. The Hall–Kier alpha value is -2.15. The van der Waals surface area contributed by atoms with Crippen molar-refractivity contribution in [2.75, 3.05) is 39.8 Å². The Morgan fingerprint density at radius 2 is 1.76 bits per heavy atom. The van der Waals surface area contributed by atoms with Gasteiger partial charge in [-0.2, -0.15) is 0 Å². The predicted molar refractivity (Wildman–Crippen MR) is 134 cm³/mol. The summed E-state index contributed by atoms with van der Waals surface area (Å²) in [6, 6.07) is 3.70. The fourth-order valence-electron chi connectivity index (χ4n) is 7.22. The molecule has 1 aromatic heterocycles. The van der Waals surface area contributed by atoms with Crippen LogP contribution in [0.2, 0.25) is 0 Å². The van der Waals surface area contributed by atoms with Crippen LogP contribution < -0.4 is 10.6 Å². The van der Waals surface area contributed by atoms with Gasteiger partial charge in [0.05, 0.1) is 0 Å². The van der Waals surface area contributed by atoms with Crippen LogP contribution in [0.15, 0.2) is 24.5 Å². The Morgan fingerprint density at radius 1 is 1.09 bits per heavy atom. The van der Waals surface area contributed by atoms with Gasteiger partial charge in [0.2, 0.25) is 0 Å². The number of rotatable bonds is 4. The van der Waals surface area contributed by atoms with Gasteiger partial charge in [0, 0.05) is 56.7 Å². The maximum Gasteiger partial charge on any atom is 0.317 e. The molecule has 188 valence electrons. The Bertz CT molecular complexity index is 867. The average Bonchev–Trinajstić information content (AvgIpc) is 2.80. The summed E-state index contributed by atoms with van der Waals surface area (Å²) in [6.07, 6.45) is 7.95. The molecular weight excluding hydrogens is 426 g/mol. The van der Waals surface area contributed by atoms with Crippen LogP contribution in [0.25, 0.3) is 0 Å². The first kappa shape index (κ1) is 25.0. The zero-order valence-electron chi connectivity index (χ0n) is 21.6. The fourth-order valence-corrected chi connectivity index (χ4v) is 7.22. The summed E-state index contributed by atoms with van der Waals surface area (Å²) in [5.41, 5.74) is 1.00. The molecule has 2 saturated carbocycles. The summed E-state index contributed by atoms with van der Waals surface area (Å²) >= 11 is 0. The number of hydrogen-bond acceptors (Lipinski definition) is 4. The van der Waals surface area contributed by atoms with Crippen molar-refractivity contribution in [1.29, 1.82) is 0 Å². The molecule has 3 fully saturated rings. The maximum atomic E-state index is 13.2. The van der Waals surface area contributed by atoms with E-state index >= 15 is 0 Å². The lowest BCUT2D eigenvalue weighted by atomic mass is 9.45. The molecule has 0 spiro atoms. The van der Waals surface area contributed by atoms with Crippen LogP contribution in [-0.4, -0.2) is 72.5 Å². The lowest BCUT2D eigenvalue weighted by molar-refractivity contribution is -0.102. The highest BCUT2D eigenvalue weighted by atomic mass is 16.2. The first-order valence-corrected chi connectivity index (χ1v) is 13.0. The van der Waals surface area contributed by atoms with Gasteiger partial charge < -0.3 is 20.4 Å². The minimum Gasteiger partial charge on any atom is -0.352 e. The number of hydrogen-bond donors (Lipinski definition) is 2. The molecule has 2 aliphatic carbocycles. The van der Waals surface area contributed by atoms with Crippen LogP contribution in [0.4, 0.5) is 4.79 Å². The van der Waals surface area contributed by atoms with Gasteiger partial charge >= 0.3 is 6.03 Å². The van der Waals surface area contributed by atoms with Crippen molar-refractivity contribution in [3.05, 3.63) is 30.1 Å². The van der Waals surface area contributed by atoms with Gasteiger partial charge in [-0.3, -0.25) is 9.78 Å². The molecule has 7 nitrogen and oxygen atoms in total. The van der Waals surface area contributed by atoms with E-state index in [1.165, 1.54) is 19.3 Å². The number of likely N-dealkylation sites (N-methyl/N-ethyl adjacent to an activating group) is 1. The van der Waals surface area contributed by atoms with Crippen molar-refractivity contribution in [3.63, 3.8) is 0 Å². The Morgan fingerprint density at radius 3 is 2.44 bits per heavy atom. The molecule has 3 aliphatic rings. The van der Waals surface area contributed by atoms with E-state index < -0.39 is 0 Å². The van der Waals surface area contributed by atoms with Crippen molar-refractivity contribution in [2.45, 2.75) is 59.4 Å². The van der Waals surface area contributed by atoms with Gasteiger partial charge in [-0.1, -0.05) is 34.1 Å². The second-order valence-corrected chi connectivity index (χ2v) is 11.9. The highest BCUT2D eigenvalue weighted by molar-refractivity contribution is 5.93. The van der Waals surface area contributed by atoms with Crippen molar-refractivity contribution >= 4 is 11.9 Å². The molecule has 3 amide bonds. The van der Waals surface area contributed by atoms with Gasteiger partial charge in [0.15, 0.2) is 0 Å². The zero-order chi connectivity index (χ0) is 24.5. The summed E-state index contributed by atoms with van der Waals surface area (Å²) in [5.74, 6) is 1.04. The Kier molecular flexibility index (Phi) is 7.22. The van der Waals surface area contributed by atoms with E-state index in [0.717, 1.165) is 32.6 Å². The number of urea groups is 1. The first-order valence-electron chi connectivity index (χ1n) is 13.0. The number of aromatic nitrogens is 1. The number of carbonyl (C=O) groups is 2. The number of nitrogens with zero attached hydrogens (tertiary/aromatic N) is 3. The summed E-state index contributed by atoms with van der Waals surface area (Å²) in [4.78, 5) is 34.3. The molecule has 5 unspecified atom stereocenters. The van der Waals surface area contributed by atoms with Gasteiger partial charge in [-0.05, 0) is 67.0 Å². The third-order valence-electron chi connectivity index (χ3n) is 9.41. The van der Waals surface area contributed by atoms with Gasteiger partial charge in [0.1, 0.15) is 0 Å². The van der Waals surface area contributed by atoms with Crippen LogP contribution in [0.5, 0.6) is 0 Å². The summed E-state index contributed by atoms with van der Waals surface area (Å²) in [6.45, 7) is 13.6. The zero-order valence-corrected chi connectivity index (χ0v) is 21.6. The molecule has 0 radical (unpaired) electrons. The lowest BCUT2D eigenvalue weighted by Gasteiger charge is -2.61. The molecule has 0 bridgehead atoms. The topological polar surface area (TPSA) is 77.6 Å². The SMILES string of the molecule is CC1C(NC(=O)N2CCN(C)CC2)CC2C(C)(C)CCCC2(C)C1CNC(=O)c1ccncc1. The molecule has 1 aliphatic heterocycles. The second kappa shape index (κ2) is 9.84. The number of carbonyl (C=O) groups excluding carboxylic acids is 2. The monoisotopic (exact) mass is 469 g/mol. The highest BCUT2D eigenvalue weighted by Crippen LogP contribution is 2.61. The largest absolute Gasteiger partial charge is 0.352 e. The number of piperazine rings is 1. The smallest absolute Gasteiger partial charge is 0.317 e. The molecule has 7 heteroatoms. The molecule has 5 atom stereocenters. The molecule has 2 N–H and O–H groups in total. The molecule has 0 aromatic carbocycles. The minimum atomic E-state index is -0.0478. The van der Waals surface area contributed by atoms with E-state index in [9.17, 15) is 9.59 Å². The van der Waals surface area contributed by atoms with E-state index in [2.05, 4.69) is 55.3 Å². The van der Waals surface area contributed by atoms with Gasteiger partial charge in [-0.15, -0.1) is 0 Å². The van der Waals surface area contributed by atoms with Gasteiger partial charge in [-0.25, -0.2) is 4.79 Å². The normalized spacial score (nSPS) is 33.6. The molecule has 1 saturated heterocycles. The lowest BCUT2D eigenvalue weighted by Crippen LogP contribution is -2.62. The van der Waals surface area contributed by atoms with Crippen LogP contribution in [0, 0.1) is 28.6 Å². The molecule has 4 rings (SSSR count). The number of nitrogens with one attached hydrogen (secondary N) is 2. The molecule has 1 aromatic rings. The van der Waals surface area contributed by atoms with Crippen LogP contribution in [0.1, 0.15) is 63.7 Å². The van der Waals surface area contributed by atoms with Crippen LogP contribution in [-0.2, 0) is 0 Å². The fraction of sp³-hybridized carbons (Fsp3) is 0.741. The number of fused-ring (bicyclic) bond motifs is 1. The third kappa shape index (κ3) is 4.95. The maximum absolute atomic E-state index is 13.2. The van der Waals surface area contributed by atoms with Crippen molar-refractivity contribution in [2.24, 2.45) is 28.6 Å². The molecule has 2 heterocycles. The van der Waals surface area contributed by atoms with E-state index in [1.54, 1.807) is 24.5 Å². The van der Waals surface area contributed by atoms with E-state index in [4.69, 9.17) is 0 Å². The Labute approximate surface area is 205 Å². The van der Waals surface area contributed by atoms with E-state index in [0.29, 0.717) is 23.9 Å². The van der Waals surface area contributed by atoms with Crippen LogP contribution in [0.3, 0.4) is 0 Å². The van der Waals surface area contributed by atoms with E-state index in [1.807, 2.05) is 4.90 Å². The molecular formula is C27H43N5O2. The van der Waals surface area contributed by atoms with Gasteiger partial charge in [0.25, 0.3) is 5.91 Å². The second-order valence-electron chi connectivity index (χ2n) is 11.9. The van der Waals surface area contributed by atoms with Crippen molar-refractivity contribution in [1.82, 2.24) is 25.4 Å². The minimum absolute atomic E-state index is 0.0478. The number of amides is 3.